The van der Waals surface area contributed by atoms with Crippen LogP contribution < -0.4 is 0 Å². The lowest BCUT2D eigenvalue weighted by molar-refractivity contribution is -0.142. The number of hydrogen-bond donors (Lipinski definition) is 0. The van der Waals surface area contributed by atoms with Gasteiger partial charge in [0, 0.05) is 0 Å². The van der Waals surface area contributed by atoms with Crippen LogP contribution in [-0.4, -0.2) is 0 Å². The van der Waals surface area contributed by atoms with Crippen molar-refractivity contribution in [1.82, 2.24) is 0 Å². The molecule has 6 rings (SSSR count). The van der Waals surface area contributed by atoms with Crippen molar-refractivity contribution in [2.75, 3.05) is 0 Å². The van der Waals surface area contributed by atoms with Gasteiger partial charge in [-0.1, -0.05) is 97.0 Å². The second kappa shape index (κ2) is 18.6. The average Bonchev–Trinajstić information content (AvgIpc) is 3.10. The van der Waals surface area contributed by atoms with Gasteiger partial charge in [0.2, 0.25) is 0 Å². The van der Waals surface area contributed by atoms with Gasteiger partial charge in [0.25, 0.3) is 0 Å². The van der Waals surface area contributed by atoms with Crippen LogP contribution in [0.3, 0.4) is 0 Å². The molecule has 0 aliphatic heterocycles. The molecule has 4 fully saturated rings. The predicted molar refractivity (Wildman–Crippen MR) is 193 cm³/mol. The van der Waals surface area contributed by atoms with Gasteiger partial charge >= 0.3 is 12.4 Å². The topological polar surface area (TPSA) is 0 Å². The van der Waals surface area contributed by atoms with E-state index in [-0.39, 0.29) is 11.8 Å². The van der Waals surface area contributed by atoms with Crippen molar-refractivity contribution in [2.24, 2.45) is 35.5 Å². The highest BCUT2D eigenvalue weighted by Gasteiger charge is 2.39. The highest BCUT2D eigenvalue weighted by molar-refractivity contribution is 5.31. The molecule has 2 aromatic carbocycles. The van der Waals surface area contributed by atoms with Crippen LogP contribution in [-0.2, 0) is 12.4 Å². The first-order valence-corrected chi connectivity index (χ1v) is 20.5. The van der Waals surface area contributed by atoms with Crippen LogP contribution >= 0.6 is 0 Å². The number of alkyl halides is 6. The Bertz CT molecular complexity index is 1390. The maximum Gasteiger partial charge on any atom is 0.422 e. The van der Waals surface area contributed by atoms with E-state index in [1.165, 1.54) is 83.1 Å². The summed E-state index contributed by atoms with van der Waals surface area (Å²) in [7, 11) is 0. The minimum absolute atomic E-state index is 0.0388. The highest BCUT2D eigenvalue weighted by Crippen LogP contribution is 2.43. The Morgan fingerprint density at radius 2 is 0.774 bits per heavy atom. The molecule has 0 N–H and O–H groups in total. The quantitative estimate of drug-likeness (QED) is 0.235. The van der Waals surface area contributed by atoms with Crippen LogP contribution in [0.15, 0.2) is 30.3 Å². The molecule has 4 aliphatic carbocycles. The summed E-state index contributed by atoms with van der Waals surface area (Å²) in [6.45, 7) is 4.67. The molecule has 0 bridgehead atoms. The third kappa shape index (κ3) is 12.1. The molecule has 0 saturated heterocycles. The van der Waals surface area contributed by atoms with E-state index in [1.807, 2.05) is 0 Å². The normalized spacial score (nSPS) is 30.0. The van der Waals surface area contributed by atoms with E-state index in [4.69, 9.17) is 0 Å². The van der Waals surface area contributed by atoms with Crippen molar-refractivity contribution in [1.29, 1.82) is 0 Å². The van der Waals surface area contributed by atoms with Gasteiger partial charge in [-0.2, -0.15) is 26.3 Å². The summed E-state index contributed by atoms with van der Waals surface area (Å²) in [6.07, 6.45) is 14.1. The van der Waals surface area contributed by atoms with Crippen molar-refractivity contribution in [3.05, 3.63) is 70.0 Å². The molecule has 0 heterocycles. The number of rotatable bonds is 8. The molecule has 298 valence electrons. The molecule has 0 radical (unpaired) electrons. The minimum atomic E-state index is -5.00. The van der Waals surface area contributed by atoms with E-state index in [1.54, 1.807) is 0 Å². The zero-order valence-corrected chi connectivity index (χ0v) is 31.5. The lowest BCUT2D eigenvalue weighted by Gasteiger charge is -2.31. The Morgan fingerprint density at radius 3 is 1.11 bits per heavy atom. The maximum absolute atomic E-state index is 13.8. The van der Waals surface area contributed by atoms with Crippen LogP contribution in [0, 0.1) is 53.0 Å². The van der Waals surface area contributed by atoms with Crippen molar-refractivity contribution >= 4 is 0 Å². The van der Waals surface area contributed by atoms with Crippen molar-refractivity contribution in [3.63, 3.8) is 0 Å². The number of halogens is 9. The predicted octanol–water partition coefficient (Wildman–Crippen LogP) is 15.6. The molecule has 0 aromatic heterocycles. The standard InChI is InChI=1S/C22H29F5.C22H30F4/c1-14-2-4-15(5-3-14)6-7-16-8-10-17(11-9-16)18-12-19(23)21(20(24)13-18)22(25,26)27;1-15-2-4-16(5-3-15)6-7-17-8-10-18(11-9-17)19-12-13-20(21(23)14-19)22(24,25)26/h12-17H,2-11H2,1H3;12-18H,2-11H2,1H3. The molecule has 0 amide bonds. The third-order valence-electron chi connectivity index (χ3n) is 13.5. The van der Waals surface area contributed by atoms with Crippen LogP contribution in [0.5, 0.6) is 0 Å². The maximum atomic E-state index is 13.8. The zero-order valence-electron chi connectivity index (χ0n) is 31.5. The van der Waals surface area contributed by atoms with Gasteiger partial charge in [0.05, 0.1) is 5.56 Å². The Morgan fingerprint density at radius 1 is 0.434 bits per heavy atom. The molecule has 53 heavy (non-hydrogen) atoms. The highest BCUT2D eigenvalue weighted by atomic mass is 19.4. The fourth-order valence-corrected chi connectivity index (χ4v) is 9.86. The first kappa shape index (κ1) is 42.0. The lowest BCUT2D eigenvalue weighted by Crippen LogP contribution is -2.18. The van der Waals surface area contributed by atoms with Gasteiger partial charge in [0.15, 0.2) is 0 Å². The number of benzene rings is 2. The monoisotopic (exact) mass is 758 g/mol. The minimum Gasteiger partial charge on any atom is -0.206 e. The van der Waals surface area contributed by atoms with Crippen LogP contribution in [0.4, 0.5) is 39.5 Å². The van der Waals surface area contributed by atoms with E-state index < -0.39 is 40.9 Å². The average molecular weight is 759 g/mol. The summed E-state index contributed by atoms with van der Waals surface area (Å²) in [5, 5.41) is 0. The SMILES string of the molecule is CC1CCC(CCC2CCC(c3cc(F)c(C(F)(F)F)c(F)c3)CC2)CC1.CC1CCC(CCC2CCC(c3ccc(C(F)(F)F)c(F)c3)CC2)CC1. The molecular weight excluding hydrogens is 699 g/mol. The first-order valence-electron chi connectivity index (χ1n) is 20.5. The van der Waals surface area contributed by atoms with E-state index in [0.29, 0.717) is 11.5 Å². The molecule has 0 spiro atoms. The van der Waals surface area contributed by atoms with Gasteiger partial charge in [0.1, 0.15) is 23.0 Å². The lowest BCUT2D eigenvalue weighted by atomic mass is 9.74. The van der Waals surface area contributed by atoms with Gasteiger partial charge < -0.3 is 0 Å². The summed E-state index contributed by atoms with van der Waals surface area (Å²) in [4.78, 5) is 0. The van der Waals surface area contributed by atoms with Crippen LogP contribution in [0.2, 0.25) is 0 Å². The van der Waals surface area contributed by atoms with Gasteiger partial charge in [-0.25, -0.2) is 13.2 Å². The smallest absolute Gasteiger partial charge is 0.206 e. The zero-order chi connectivity index (χ0) is 38.3. The molecule has 0 atom stereocenters. The Labute approximate surface area is 311 Å². The van der Waals surface area contributed by atoms with Crippen molar-refractivity contribution < 1.29 is 39.5 Å². The summed E-state index contributed by atoms with van der Waals surface area (Å²) in [6, 6.07) is 5.26. The fraction of sp³-hybridized carbons (Fsp3) is 0.727. The third-order valence-corrected chi connectivity index (χ3v) is 13.5. The molecule has 4 saturated carbocycles. The van der Waals surface area contributed by atoms with E-state index in [0.717, 1.165) is 111 Å². The number of hydrogen-bond acceptors (Lipinski definition) is 0. The van der Waals surface area contributed by atoms with Crippen molar-refractivity contribution in [2.45, 2.75) is 166 Å². The Balaban J connectivity index is 0.000000204. The van der Waals surface area contributed by atoms with E-state index in [2.05, 4.69) is 13.8 Å². The Hall–Kier alpha value is -2.19. The molecule has 9 heteroatoms. The molecule has 2 aromatic rings. The summed E-state index contributed by atoms with van der Waals surface area (Å²) in [5.74, 6) is 0.925. The summed E-state index contributed by atoms with van der Waals surface area (Å²) < 4.78 is 118. The van der Waals surface area contributed by atoms with Gasteiger partial charge in [-0.15, -0.1) is 0 Å². The molecule has 0 nitrogen and oxygen atoms in total. The fourth-order valence-electron chi connectivity index (χ4n) is 9.86. The molecule has 4 aliphatic rings. The molecule has 0 unspecified atom stereocenters. The van der Waals surface area contributed by atoms with Crippen molar-refractivity contribution in [3.8, 4) is 0 Å². The van der Waals surface area contributed by atoms with E-state index >= 15 is 0 Å². The second-order valence-electron chi connectivity index (χ2n) is 17.4. The van der Waals surface area contributed by atoms with Gasteiger partial charge in [-0.05, 0) is 134 Å². The first-order chi connectivity index (χ1) is 25.1. The second-order valence-corrected chi connectivity index (χ2v) is 17.4. The molecular formula is C44H59F9. The summed E-state index contributed by atoms with van der Waals surface area (Å²) in [5.41, 5.74) is -1.83. The van der Waals surface area contributed by atoms with Crippen LogP contribution in [0.1, 0.15) is 176 Å². The van der Waals surface area contributed by atoms with Gasteiger partial charge in [-0.3, -0.25) is 0 Å². The van der Waals surface area contributed by atoms with E-state index in [9.17, 15) is 39.5 Å². The van der Waals surface area contributed by atoms with Crippen LogP contribution in [0.25, 0.3) is 0 Å². The Kier molecular flexibility index (Phi) is 14.8. The summed E-state index contributed by atoms with van der Waals surface area (Å²) >= 11 is 0. The largest absolute Gasteiger partial charge is 0.422 e.